The van der Waals surface area contributed by atoms with Gasteiger partial charge in [0, 0.05) is 47.6 Å². The molecule has 1 fully saturated rings. The van der Waals surface area contributed by atoms with Gasteiger partial charge in [-0.2, -0.15) is 0 Å². The Hall–Kier alpha value is 2.78. The summed E-state index contributed by atoms with van der Waals surface area (Å²) in [4.78, 5) is 12.0. The van der Waals surface area contributed by atoms with E-state index in [0.29, 0.717) is 4.32 Å². The van der Waals surface area contributed by atoms with E-state index in [1.807, 2.05) is 14.1 Å². The molecule has 4 nitrogen and oxygen atoms in total. The van der Waals surface area contributed by atoms with Crippen LogP contribution in [-0.4, -0.2) is 44.6 Å². The molecule has 1 aliphatic heterocycles. The van der Waals surface area contributed by atoms with Crippen molar-refractivity contribution in [2.75, 3.05) is 25.6 Å². The molecule has 18 heavy (non-hydrogen) atoms. The maximum absolute atomic E-state index is 10.3. The van der Waals surface area contributed by atoms with Crippen LogP contribution in [-0.2, 0) is 12.6 Å². The molecule has 1 saturated heterocycles. The molecule has 0 spiro atoms. The zero-order chi connectivity index (χ0) is 12.6. The van der Waals surface area contributed by atoms with Crippen molar-refractivity contribution in [1.29, 1.82) is 0 Å². The van der Waals surface area contributed by atoms with Gasteiger partial charge in [0.15, 0.2) is 6.09 Å². The smallest absolute Gasteiger partial charge is 0.529 e. The molecule has 0 aromatic carbocycles. The third-order valence-electron chi connectivity index (χ3n) is 1.01. The number of rotatable bonds is 0. The maximum Gasteiger partial charge on any atom is 1.00 e. The molecule has 1 heterocycles. The predicted molar refractivity (Wildman–Crippen MR) is 81.0 cm³/mol. The minimum absolute atomic E-state index is 0. The summed E-state index contributed by atoms with van der Waals surface area (Å²) in [6, 6.07) is 0. The summed E-state index contributed by atoms with van der Waals surface area (Å²) in [5.74, 6) is 1.96. The van der Waals surface area contributed by atoms with Crippen LogP contribution in [0.15, 0.2) is 0 Å². The van der Waals surface area contributed by atoms with E-state index in [0.717, 1.165) is 15.2 Å². The second kappa shape index (κ2) is 16.2. The fraction of sp³-hybridized carbons (Fsp3) is 0.667. The number of amides is 1. The van der Waals surface area contributed by atoms with Crippen molar-refractivity contribution in [3.05, 3.63) is 0 Å². The Morgan fingerprint density at radius 2 is 1.61 bits per heavy atom. The van der Waals surface area contributed by atoms with Gasteiger partial charge in [0.2, 0.25) is 0 Å². The third kappa shape index (κ3) is 15.2. The summed E-state index contributed by atoms with van der Waals surface area (Å²) in [7, 11) is 9.17. The minimum Gasteiger partial charge on any atom is -0.529 e. The van der Waals surface area contributed by atoms with E-state index in [-0.39, 0.29) is 59.1 Å². The monoisotopic (exact) mass is 380 g/mol. The van der Waals surface area contributed by atoms with E-state index < -0.39 is 6.09 Å². The Morgan fingerprint density at radius 1 is 1.28 bits per heavy atom. The molecule has 0 unspecified atom stereocenters. The van der Waals surface area contributed by atoms with Gasteiger partial charge in [-0.15, -0.1) is 0 Å². The number of hydrogen-bond acceptors (Lipinski definition) is 8. The predicted octanol–water partition coefficient (Wildman–Crippen LogP) is -4.37. The first-order chi connectivity index (χ1) is 7.45. The van der Waals surface area contributed by atoms with E-state index in [1.165, 1.54) is 43.5 Å². The van der Waals surface area contributed by atoms with Crippen LogP contribution in [0.2, 0.25) is 0 Å². The van der Waals surface area contributed by atoms with E-state index in [4.69, 9.17) is 0 Å². The van der Waals surface area contributed by atoms with Gasteiger partial charge in [-0.05, 0) is 0 Å². The Kier molecular flexibility index (Phi) is 23.1. The molecule has 94 valence electrons. The summed E-state index contributed by atoms with van der Waals surface area (Å²) in [6.07, 6.45) is -1.13. The Balaban J connectivity index is -0.000000250. The van der Waals surface area contributed by atoms with Gasteiger partial charge in [-0.1, -0.05) is 25.9 Å². The average Bonchev–Trinajstić information content (AvgIpc) is 2.46. The molecule has 0 bridgehead atoms. The summed E-state index contributed by atoms with van der Waals surface area (Å²) in [5, 5.41) is 10.3. The minimum atomic E-state index is -1.13. The number of carbonyl (C=O) groups is 1. The van der Waals surface area contributed by atoms with Crippen LogP contribution in [0.3, 0.4) is 0 Å². The molecular formula is C6H10N2Na2O2S6. The van der Waals surface area contributed by atoms with Crippen molar-refractivity contribution in [1.82, 2.24) is 8.61 Å². The van der Waals surface area contributed by atoms with Crippen molar-refractivity contribution >= 4 is 78.8 Å². The molecule has 0 aliphatic carbocycles. The van der Waals surface area contributed by atoms with Crippen LogP contribution < -0.4 is 64.2 Å². The molecule has 0 saturated carbocycles. The molecule has 0 atom stereocenters. The van der Waals surface area contributed by atoms with Crippen LogP contribution in [0.1, 0.15) is 0 Å². The van der Waals surface area contributed by atoms with Crippen molar-refractivity contribution in [3.63, 3.8) is 0 Å². The summed E-state index contributed by atoms with van der Waals surface area (Å²) >= 11 is 9.12. The van der Waals surface area contributed by atoms with Crippen LogP contribution in [0.4, 0.5) is 4.79 Å². The second-order valence-corrected chi connectivity index (χ2v) is 8.36. The second-order valence-electron chi connectivity index (χ2n) is 2.48. The van der Waals surface area contributed by atoms with Gasteiger partial charge in [-0.25, -0.2) is 3.71 Å². The van der Waals surface area contributed by atoms with E-state index in [2.05, 4.69) is 24.8 Å². The fourth-order valence-electron chi connectivity index (χ4n) is 0.312. The normalized spacial score (nSPS) is 13.8. The topological polar surface area (TPSA) is 46.6 Å². The van der Waals surface area contributed by atoms with Crippen molar-refractivity contribution in [2.24, 2.45) is 0 Å². The Morgan fingerprint density at radius 3 is 1.83 bits per heavy atom. The van der Waals surface area contributed by atoms with Gasteiger partial charge in [0.1, 0.15) is 0 Å². The largest absolute Gasteiger partial charge is 1.00 e. The van der Waals surface area contributed by atoms with Gasteiger partial charge in [-0.3, -0.25) is 0 Å². The molecule has 1 rings (SSSR count). The first-order valence-electron chi connectivity index (χ1n) is 3.93. The van der Waals surface area contributed by atoms with E-state index in [1.54, 1.807) is 4.90 Å². The zero-order valence-electron chi connectivity index (χ0n) is 10.6. The van der Waals surface area contributed by atoms with Crippen molar-refractivity contribution in [2.45, 2.75) is 0 Å². The Bertz CT molecular complexity index is 240. The standard InChI is InChI=1S/C3H5NO2S4.C3H7NS2.2Na/c5-3(6)4-9-7-1-2-8-10-4;1-4(2)3(5)6;;/h1-2H2,(H,5,6);1-2H3,(H,5,6);;/q;;2*+1/p-2. The summed E-state index contributed by atoms with van der Waals surface area (Å²) in [5.41, 5.74) is 0. The molecule has 12 heteroatoms. The molecular weight excluding hydrogens is 370 g/mol. The van der Waals surface area contributed by atoms with Crippen molar-refractivity contribution in [3.8, 4) is 0 Å². The van der Waals surface area contributed by atoms with Gasteiger partial charge in [0.05, 0.1) is 0 Å². The molecule has 1 aliphatic rings. The average molecular weight is 381 g/mol. The van der Waals surface area contributed by atoms with Gasteiger partial charge < -0.3 is 39.6 Å². The summed E-state index contributed by atoms with van der Waals surface area (Å²) < 4.78 is 1.66. The molecule has 0 aromatic heterocycles. The van der Waals surface area contributed by atoms with E-state index in [9.17, 15) is 9.90 Å². The van der Waals surface area contributed by atoms with Crippen LogP contribution in [0.5, 0.6) is 0 Å². The molecule has 0 N–H and O–H groups in total. The number of hydrogen-bond donors (Lipinski definition) is 0. The number of carbonyl (C=O) groups excluding carboxylic acids is 1. The SMILES string of the molecule is CN(C)C(=S)[S-].O=C([O-])N1SSCCSS1.[Na+].[Na+]. The first kappa shape index (κ1) is 25.7. The zero-order valence-corrected chi connectivity index (χ0v) is 19.5. The Labute approximate surface area is 179 Å². The molecule has 0 aromatic rings. The van der Waals surface area contributed by atoms with E-state index >= 15 is 0 Å². The quantitative estimate of drug-likeness (QED) is 0.136. The van der Waals surface area contributed by atoms with Crippen LogP contribution in [0.25, 0.3) is 0 Å². The maximum atomic E-state index is 10.3. The van der Waals surface area contributed by atoms with Crippen molar-refractivity contribution < 1.29 is 69.0 Å². The number of carboxylic acid groups (broad SMARTS) is 1. The number of nitrogens with zero attached hydrogens (tertiary/aromatic N) is 2. The fourth-order valence-corrected chi connectivity index (χ4v) is 5.70. The third-order valence-corrected chi connectivity index (χ3v) is 7.06. The van der Waals surface area contributed by atoms with Crippen LogP contribution >= 0.6 is 55.8 Å². The molecule has 0 radical (unpaired) electrons. The first-order valence-corrected chi connectivity index (χ1v) is 9.30. The molecule has 1 amide bonds. The van der Waals surface area contributed by atoms with Gasteiger partial charge in [0.25, 0.3) is 0 Å². The van der Waals surface area contributed by atoms with Crippen LogP contribution in [0, 0.1) is 0 Å². The van der Waals surface area contributed by atoms with Gasteiger partial charge >= 0.3 is 59.1 Å². The summed E-state index contributed by atoms with van der Waals surface area (Å²) in [6.45, 7) is 0. The number of thiocarbonyl (C=S) groups is 1.